The molecule has 0 heterocycles. The molecule has 0 radical (unpaired) electrons. The van der Waals surface area contributed by atoms with Crippen molar-refractivity contribution in [2.75, 3.05) is 0 Å². The summed E-state index contributed by atoms with van der Waals surface area (Å²) >= 11 is 0.702. The molecule has 0 aromatic rings. The predicted molar refractivity (Wildman–Crippen MR) is 44.7 cm³/mol. The SMILES string of the molecule is N#CSC(=O)C1=CC=CCC1. The quantitative estimate of drug-likeness (QED) is 0.558. The molecule has 0 unspecified atom stereocenters. The third kappa shape index (κ3) is 2.24. The number of carbonyl (C=O) groups is 1. The van der Waals surface area contributed by atoms with E-state index in [2.05, 4.69) is 0 Å². The van der Waals surface area contributed by atoms with Crippen molar-refractivity contribution in [3.8, 4) is 5.40 Å². The summed E-state index contributed by atoms with van der Waals surface area (Å²) in [6.45, 7) is 0. The van der Waals surface area contributed by atoms with E-state index in [1.165, 1.54) is 0 Å². The average Bonchev–Trinajstić information content (AvgIpc) is 2.07. The molecule has 0 saturated carbocycles. The lowest BCUT2D eigenvalue weighted by atomic mass is 10.1. The molecule has 1 aliphatic rings. The molecule has 0 amide bonds. The second-order valence-corrected chi connectivity index (χ2v) is 2.90. The van der Waals surface area contributed by atoms with Gasteiger partial charge in [0.15, 0.2) is 0 Å². The molecule has 0 aromatic carbocycles. The van der Waals surface area contributed by atoms with Gasteiger partial charge < -0.3 is 0 Å². The van der Waals surface area contributed by atoms with Gasteiger partial charge in [0.2, 0.25) is 5.12 Å². The van der Waals surface area contributed by atoms with Crippen LogP contribution in [0.5, 0.6) is 0 Å². The highest BCUT2D eigenvalue weighted by molar-refractivity contribution is 8.18. The van der Waals surface area contributed by atoms with Gasteiger partial charge >= 0.3 is 0 Å². The van der Waals surface area contributed by atoms with E-state index in [1.807, 2.05) is 12.2 Å². The normalized spacial score (nSPS) is 15.4. The fourth-order valence-corrected chi connectivity index (χ4v) is 1.26. The average molecular weight is 165 g/mol. The van der Waals surface area contributed by atoms with Crippen molar-refractivity contribution in [2.45, 2.75) is 12.8 Å². The molecule has 0 aromatic heterocycles. The van der Waals surface area contributed by atoms with Crippen LogP contribution >= 0.6 is 11.8 Å². The van der Waals surface area contributed by atoms with Crippen LogP contribution in [0.25, 0.3) is 0 Å². The summed E-state index contributed by atoms with van der Waals surface area (Å²) in [5, 5.41) is 9.87. The summed E-state index contributed by atoms with van der Waals surface area (Å²) in [7, 11) is 0. The first-order valence-corrected chi connectivity index (χ1v) is 4.12. The summed E-state index contributed by atoms with van der Waals surface area (Å²) in [6, 6.07) is 0. The first-order valence-electron chi connectivity index (χ1n) is 3.30. The number of thioether (sulfide) groups is 1. The van der Waals surface area contributed by atoms with Crippen molar-refractivity contribution >= 4 is 16.9 Å². The fourth-order valence-electron chi connectivity index (χ4n) is 0.880. The lowest BCUT2D eigenvalue weighted by Gasteiger charge is -2.03. The zero-order chi connectivity index (χ0) is 8.10. The van der Waals surface area contributed by atoms with Crippen LogP contribution in [0.1, 0.15) is 12.8 Å². The van der Waals surface area contributed by atoms with E-state index in [1.54, 1.807) is 11.5 Å². The highest BCUT2D eigenvalue weighted by Crippen LogP contribution is 2.17. The lowest BCUT2D eigenvalue weighted by molar-refractivity contribution is -0.107. The van der Waals surface area contributed by atoms with Crippen LogP contribution in [0, 0.1) is 10.7 Å². The largest absolute Gasteiger partial charge is 0.281 e. The molecule has 11 heavy (non-hydrogen) atoms. The summed E-state index contributed by atoms with van der Waals surface area (Å²) in [4.78, 5) is 11.0. The Balaban J connectivity index is 2.60. The fraction of sp³-hybridized carbons (Fsp3) is 0.250. The monoisotopic (exact) mass is 165 g/mol. The first kappa shape index (κ1) is 8.09. The van der Waals surface area contributed by atoms with Gasteiger partial charge in [-0.05, 0) is 12.8 Å². The Morgan fingerprint density at radius 1 is 1.73 bits per heavy atom. The van der Waals surface area contributed by atoms with Gasteiger partial charge in [0.1, 0.15) is 5.40 Å². The van der Waals surface area contributed by atoms with Gasteiger partial charge in [-0.3, -0.25) is 4.79 Å². The molecule has 56 valence electrons. The molecule has 2 nitrogen and oxygen atoms in total. The second-order valence-electron chi connectivity index (χ2n) is 2.14. The Labute approximate surface area is 69.6 Å². The van der Waals surface area contributed by atoms with Crippen LogP contribution in [0.15, 0.2) is 23.8 Å². The van der Waals surface area contributed by atoms with Crippen molar-refractivity contribution in [3.63, 3.8) is 0 Å². The molecule has 0 aliphatic heterocycles. The third-order valence-corrected chi connectivity index (χ3v) is 1.95. The zero-order valence-corrected chi connectivity index (χ0v) is 6.73. The molecule has 3 heteroatoms. The lowest BCUT2D eigenvalue weighted by Crippen LogP contribution is -1.97. The van der Waals surface area contributed by atoms with Gasteiger partial charge in [0, 0.05) is 17.3 Å². The van der Waals surface area contributed by atoms with Crippen molar-refractivity contribution in [1.82, 2.24) is 0 Å². The van der Waals surface area contributed by atoms with E-state index in [0.717, 1.165) is 18.4 Å². The van der Waals surface area contributed by atoms with Crippen LogP contribution in [-0.2, 0) is 4.79 Å². The van der Waals surface area contributed by atoms with Crippen LogP contribution in [-0.4, -0.2) is 5.12 Å². The molecule has 0 spiro atoms. The highest BCUT2D eigenvalue weighted by atomic mass is 32.2. The summed E-state index contributed by atoms with van der Waals surface area (Å²) < 4.78 is 0. The van der Waals surface area contributed by atoms with Crippen molar-refractivity contribution < 1.29 is 4.79 Å². The molecular formula is C8H7NOS. The Morgan fingerprint density at radius 2 is 2.55 bits per heavy atom. The topological polar surface area (TPSA) is 40.9 Å². The van der Waals surface area contributed by atoms with Gasteiger partial charge in [-0.2, -0.15) is 5.26 Å². The second kappa shape index (κ2) is 3.99. The van der Waals surface area contributed by atoms with Crippen LogP contribution in [0.3, 0.4) is 0 Å². The number of carbonyl (C=O) groups excluding carboxylic acids is 1. The molecule has 1 rings (SSSR count). The number of hydrogen-bond acceptors (Lipinski definition) is 3. The first-order chi connectivity index (χ1) is 5.34. The van der Waals surface area contributed by atoms with E-state index in [9.17, 15) is 4.79 Å². The number of rotatable bonds is 1. The Hall–Kier alpha value is -1.01. The standard InChI is InChI=1S/C8H7NOS/c9-6-11-8(10)7-4-2-1-3-5-7/h1-2,4H,3,5H2. The zero-order valence-electron chi connectivity index (χ0n) is 5.91. The van der Waals surface area contributed by atoms with E-state index in [-0.39, 0.29) is 5.12 Å². The molecule has 0 bridgehead atoms. The summed E-state index contributed by atoms with van der Waals surface area (Å²) in [5.41, 5.74) is 0.749. The molecule has 0 atom stereocenters. The maximum Gasteiger partial charge on any atom is 0.229 e. The molecule has 0 fully saturated rings. The van der Waals surface area contributed by atoms with E-state index < -0.39 is 0 Å². The van der Waals surface area contributed by atoms with Gasteiger partial charge in [0.25, 0.3) is 0 Å². The van der Waals surface area contributed by atoms with E-state index in [4.69, 9.17) is 5.26 Å². The molecule has 0 N–H and O–H groups in total. The maximum atomic E-state index is 11.0. The Kier molecular flexibility index (Phi) is 2.94. The van der Waals surface area contributed by atoms with E-state index >= 15 is 0 Å². The molecule has 0 saturated heterocycles. The summed E-state index contributed by atoms with van der Waals surface area (Å²) in [6.07, 6.45) is 7.31. The smallest absolute Gasteiger partial charge is 0.229 e. The van der Waals surface area contributed by atoms with Gasteiger partial charge in [-0.15, -0.1) is 0 Å². The van der Waals surface area contributed by atoms with E-state index in [0.29, 0.717) is 11.8 Å². The minimum Gasteiger partial charge on any atom is -0.281 e. The van der Waals surface area contributed by atoms with Crippen molar-refractivity contribution in [3.05, 3.63) is 23.8 Å². The number of nitrogens with zero attached hydrogens (tertiary/aromatic N) is 1. The van der Waals surface area contributed by atoms with Crippen LogP contribution in [0.2, 0.25) is 0 Å². The van der Waals surface area contributed by atoms with Crippen molar-refractivity contribution in [2.24, 2.45) is 0 Å². The minimum absolute atomic E-state index is 0.114. The van der Waals surface area contributed by atoms with Gasteiger partial charge in [-0.1, -0.05) is 18.2 Å². The third-order valence-electron chi connectivity index (χ3n) is 1.41. The maximum absolute atomic E-state index is 11.0. The molecule has 1 aliphatic carbocycles. The van der Waals surface area contributed by atoms with Gasteiger partial charge in [-0.25, -0.2) is 0 Å². The van der Waals surface area contributed by atoms with Crippen molar-refractivity contribution in [1.29, 1.82) is 5.26 Å². The number of thiocyanates is 1. The number of allylic oxidation sites excluding steroid dienone is 3. The number of nitriles is 1. The Bertz CT molecular complexity index is 260. The Morgan fingerprint density at radius 3 is 3.09 bits per heavy atom. The highest BCUT2D eigenvalue weighted by Gasteiger charge is 2.09. The summed E-state index contributed by atoms with van der Waals surface area (Å²) in [5.74, 6) is 0. The molecular weight excluding hydrogens is 158 g/mol. The number of hydrogen-bond donors (Lipinski definition) is 0. The minimum atomic E-state index is -0.114. The van der Waals surface area contributed by atoms with Crippen LogP contribution < -0.4 is 0 Å². The van der Waals surface area contributed by atoms with Crippen LogP contribution in [0.4, 0.5) is 0 Å². The predicted octanol–water partition coefficient (Wildman–Crippen LogP) is 2.00. The van der Waals surface area contributed by atoms with Gasteiger partial charge in [0.05, 0.1) is 0 Å².